The van der Waals surface area contributed by atoms with Crippen LogP contribution in [0.2, 0.25) is 0 Å². The van der Waals surface area contributed by atoms with E-state index in [2.05, 4.69) is 0 Å². The molecule has 0 N–H and O–H groups in total. The van der Waals surface area contributed by atoms with Crippen LogP contribution in [0.1, 0.15) is 41.6 Å². The van der Waals surface area contributed by atoms with Crippen LogP contribution in [0.3, 0.4) is 0 Å². The van der Waals surface area contributed by atoms with Gasteiger partial charge in [-0.2, -0.15) is 0 Å². The van der Waals surface area contributed by atoms with Gasteiger partial charge in [-0.1, -0.05) is 12.5 Å². The maximum absolute atomic E-state index is 13.1. The predicted molar refractivity (Wildman–Crippen MR) is 121 cm³/mol. The van der Waals surface area contributed by atoms with Gasteiger partial charge >= 0.3 is 11.9 Å². The third kappa shape index (κ3) is 3.96. The van der Waals surface area contributed by atoms with Crippen LogP contribution in [0, 0.1) is 5.41 Å². The summed E-state index contributed by atoms with van der Waals surface area (Å²) in [6.45, 7) is 1.47. The second kappa shape index (κ2) is 9.18. The summed E-state index contributed by atoms with van der Waals surface area (Å²) in [6.07, 6.45) is 2.89. The Balaban J connectivity index is 1.45. The Hall–Kier alpha value is -3.26. The van der Waals surface area contributed by atoms with E-state index in [1.54, 1.807) is 20.3 Å². The number of cyclic esters (lactones) is 1. The molecule has 180 valence electrons. The SMILES string of the molecule is COc1ccc(-c2ccc3c(c2)COC3=O)c(OCC2(C(=O)O[C@@H]3CCOC3)CCC2)c1OC. The molecule has 0 amide bonds. The zero-order chi connectivity index (χ0) is 23.7. The van der Waals surface area contributed by atoms with Crippen molar-refractivity contribution in [1.82, 2.24) is 0 Å². The van der Waals surface area contributed by atoms with Crippen LogP contribution in [-0.2, 0) is 25.6 Å². The highest BCUT2D eigenvalue weighted by atomic mass is 16.6. The highest BCUT2D eigenvalue weighted by molar-refractivity contribution is 5.94. The molecule has 0 radical (unpaired) electrons. The number of methoxy groups -OCH3 is 2. The topological polar surface area (TPSA) is 89.5 Å². The van der Waals surface area contributed by atoms with Crippen molar-refractivity contribution < 1.29 is 38.0 Å². The van der Waals surface area contributed by atoms with Crippen molar-refractivity contribution in [2.24, 2.45) is 5.41 Å². The molecule has 2 fully saturated rings. The maximum Gasteiger partial charge on any atom is 0.338 e. The van der Waals surface area contributed by atoms with Crippen LogP contribution in [0.5, 0.6) is 17.2 Å². The smallest absolute Gasteiger partial charge is 0.338 e. The minimum atomic E-state index is -0.688. The minimum Gasteiger partial charge on any atom is -0.493 e. The molecule has 1 aliphatic carbocycles. The van der Waals surface area contributed by atoms with Crippen molar-refractivity contribution in [2.75, 3.05) is 34.0 Å². The standard InChI is InChI=1S/C26H28O8/c1-29-21-7-6-19(16-4-5-20-17(12-16)13-32-24(20)27)22(23(21)30-2)33-15-26(9-3-10-26)25(28)34-18-8-11-31-14-18/h4-7,12,18H,3,8-11,13-15H2,1-2H3/t18-/m1/s1. The first kappa shape index (κ1) is 22.5. The lowest BCUT2D eigenvalue weighted by molar-refractivity contribution is -0.170. The average Bonchev–Trinajstić information content (AvgIpc) is 3.47. The molecule has 1 saturated heterocycles. The molecule has 0 aromatic heterocycles. The van der Waals surface area contributed by atoms with Gasteiger partial charge in [0, 0.05) is 17.5 Å². The van der Waals surface area contributed by atoms with Crippen molar-refractivity contribution in [2.45, 2.75) is 38.4 Å². The third-order valence-electron chi connectivity index (χ3n) is 6.89. The van der Waals surface area contributed by atoms with E-state index < -0.39 is 5.41 Å². The normalized spacial score (nSPS) is 20.2. The Bertz CT molecular complexity index is 1100. The number of carbonyl (C=O) groups excluding carboxylic acids is 2. The molecule has 2 heterocycles. The van der Waals surface area contributed by atoms with Crippen molar-refractivity contribution in [1.29, 1.82) is 0 Å². The van der Waals surface area contributed by atoms with Gasteiger partial charge in [-0.05, 0) is 42.7 Å². The predicted octanol–water partition coefficient (Wildman–Crippen LogP) is 3.92. The van der Waals surface area contributed by atoms with Crippen LogP contribution in [-0.4, -0.2) is 52.1 Å². The fraction of sp³-hybridized carbons (Fsp3) is 0.462. The molecule has 2 aromatic carbocycles. The van der Waals surface area contributed by atoms with E-state index in [1.165, 1.54) is 0 Å². The quantitative estimate of drug-likeness (QED) is 0.539. The van der Waals surface area contributed by atoms with E-state index in [0.29, 0.717) is 48.9 Å². The highest BCUT2D eigenvalue weighted by Crippen LogP contribution is 2.48. The summed E-state index contributed by atoms with van der Waals surface area (Å²) in [4.78, 5) is 24.9. The summed E-state index contributed by atoms with van der Waals surface area (Å²) in [5.74, 6) is 0.902. The Morgan fingerprint density at radius 3 is 2.59 bits per heavy atom. The van der Waals surface area contributed by atoms with Gasteiger partial charge in [-0.15, -0.1) is 0 Å². The van der Waals surface area contributed by atoms with Crippen molar-refractivity contribution in [3.05, 3.63) is 41.5 Å². The fourth-order valence-electron chi connectivity index (χ4n) is 4.67. The monoisotopic (exact) mass is 468 g/mol. The van der Waals surface area contributed by atoms with E-state index in [-0.39, 0.29) is 31.3 Å². The Morgan fingerprint density at radius 1 is 1.09 bits per heavy atom. The first-order valence-corrected chi connectivity index (χ1v) is 11.5. The molecule has 3 aliphatic rings. The molecule has 2 aromatic rings. The molecule has 8 nitrogen and oxygen atoms in total. The lowest BCUT2D eigenvalue weighted by Crippen LogP contribution is -2.45. The van der Waals surface area contributed by atoms with Gasteiger partial charge in [0.15, 0.2) is 11.5 Å². The molecule has 2 aliphatic heterocycles. The van der Waals surface area contributed by atoms with E-state index in [4.69, 9.17) is 28.4 Å². The van der Waals surface area contributed by atoms with Gasteiger partial charge in [-0.25, -0.2) is 4.79 Å². The molecule has 5 rings (SSSR count). The number of benzene rings is 2. The van der Waals surface area contributed by atoms with E-state index in [0.717, 1.165) is 29.5 Å². The van der Waals surface area contributed by atoms with Crippen molar-refractivity contribution in [3.8, 4) is 28.4 Å². The van der Waals surface area contributed by atoms with Crippen LogP contribution >= 0.6 is 0 Å². The van der Waals surface area contributed by atoms with Gasteiger partial charge in [0.2, 0.25) is 5.75 Å². The molecule has 34 heavy (non-hydrogen) atoms. The molecule has 1 saturated carbocycles. The van der Waals surface area contributed by atoms with Crippen LogP contribution < -0.4 is 14.2 Å². The Morgan fingerprint density at radius 2 is 1.91 bits per heavy atom. The summed E-state index contributed by atoms with van der Waals surface area (Å²) < 4.78 is 33.7. The molecular weight excluding hydrogens is 440 g/mol. The maximum atomic E-state index is 13.1. The van der Waals surface area contributed by atoms with Crippen molar-refractivity contribution in [3.63, 3.8) is 0 Å². The number of hydrogen-bond acceptors (Lipinski definition) is 8. The zero-order valence-corrected chi connectivity index (χ0v) is 19.4. The molecule has 0 unspecified atom stereocenters. The number of rotatable bonds is 8. The number of hydrogen-bond donors (Lipinski definition) is 0. The lowest BCUT2D eigenvalue weighted by Gasteiger charge is -2.39. The first-order chi connectivity index (χ1) is 16.5. The van der Waals surface area contributed by atoms with Gasteiger partial charge in [0.05, 0.1) is 33.0 Å². The number of fused-ring (bicyclic) bond motifs is 1. The van der Waals surface area contributed by atoms with E-state index in [1.807, 2.05) is 24.3 Å². The van der Waals surface area contributed by atoms with Crippen LogP contribution in [0.15, 0.2) is 30.3 Å². The largest absolute Gasteiger partial charge is 0.493 e. The molecule has 1 atom stereocenters. The van der Waals surface area contributed by atoms with Gasteiger partial charge < -0.3 is 28.4 Å². The Kier molecular flexibility index (Phi) is 6.08. The first-order valence-electron chi connectivity index (χ1n) is 11.5. The van der Waals surface area contributed by atoms with Gasteiger partial charge in [0.25, 0.3) is 0 Å². The summed E-state index contributed by atoms with van der Waals surface area (Å²) in [6, 6.07) is 9.23. The highest BCUT2D eigenvalue weighted by Gasteiger charge is 2.48. The third-order valence-corrected chi connectivity index (χ3v) is 6.89. The number of carbonyl (C=O) groups is 2. The van der Waals surface area contributed by atoms with Crippen LogP contribution in [0.25, 0.3) is 11.1 Å². The van der Waals surface area contributed by atoms with Crippen LogP contribution in [0.4, 0.5) is 0 Å². The van der Waals surface area contributed by atoms with E-state index >= 15 is 0 Å². The second-order valence-corrected chi connectivity index (χ2v) is 8.94. The van der Waals surface area contributed by atoms with Gasteiger partial charge in [-0.3, -0.25) is 4.79 Å². The summed E-state index contributed by atoms with van der Waals surface area (Å²) in [5, 5.41) is 0. The van der Waals surface area contributed by atoms with Crippen molar-refractivity contribution >= 4 is 11.9 Å². The van der Waals surface area contributed by atoms with Gasteiger partial charge in [0.1, 0.15) is 24.7 Å². The number of ether oxygens (including phenoxy) is 6. The lowest BCUT2D eigenvalue weighted by atomic mass is 9.69. The molecule has 8 heteroatoms. The molecule has 0 spiro atoms. The molecule has 0 bridgehead atoms. The molecular formula is C26H28O8. The van der Waals surface area contributed by atoms with E-state index in [9.17, 15) is 9.59 Å². The summed E-state index contributed by atoms with van der Waals surface area (Å²) in [7, 11) is 3.12. The number of esters is 2. The summed E-state index contributed by atoms with van der Waals surface area (Å²) >= 11 is 0. The zero-order valence-electron chi connectivity index (χ0n) is 19.4. The Labute approximate surface area is 198 Å². The summed E-state index contributed by atoms with van der Waals surface area (Å²) in [5.41, 5.74) is 2.32. The minimum absolute atomic E-state index is 0.169. The average molecular weight is 469 g/mol. The fourth-order valence-corrected chi connectivity index (χ4v) is 4.67. The second-order valence-electron chi connectivity index (χ2n) is 8.94.